The number of hydrazine groups is 1. The van der Waals surface area contributed by atoms with E-state index < -0.39 is 5.91 Å². The van der Waals surface area contributed by atoms with Gasteiger partial charge in [0.05, 0.1) is 19.6 Å². The summed E-state index contributed by atoms with van der Waals surface area (Å²) in [6.07, 6.45) is 0.152. The molecular formula is C19H21BrN2O4. The first-order valence-electron chi connectivity index (χ1n) is 8.07. The zero-order valence-corrected chi connectivity index (χ0v) is 16.4. The van der Waals surface area contributed by atoms with Crippen molar-refractivity contribution < 1.29 is 19.1 Å². The number of benzene rings is 2. The maximum atomic E-state index is 12.2. The van der Waals surface area contributed by atoms with Gasteiger partial charge in [-0.3, -0.25) is 20.4 Å². The van der Waals surface area contributed by atoms with Crippen LogP contribution < -0.4 is 20.3 Å². The third-order valence-electron chi connectivity index (χ3n) is 3.38. The van der Waals surface area contributed by atoms with Crippen LogP contribution in [0.3, 0.4) is 0 Å². The van der Waals surface area contributed by atoms with Crippen LogP contribution in [0, 0.1) is 0 Å². The summed E-state index contributed by atoms with van der Waals surface area (Å²) in [6.45, 7) is 3.81. The van der Waals surface area contributed by atoms with Crippen molar-refractivity contribution in [3.05, 3.63) is 58.1 Å². The molecule has 0 radical (unpaired) electrons. The number of carbonyl (C=O) groups excluding carboxylic acids is 2. The third kappa shape index (κ3) is 5.77. The summed E-state index contributed by atoms with van der Waals surface area (Å²) in [6, 6.07) is 12.2. The van der Waals surface area contributed by atoms with Crippen molar-refractivity contribution in [1.82, 2.24) is 10.9 Å². The molecule has 0 aliphatic rings. The van der Waals surface area contributed by atoms with Crippen LogP contribution in [0.1, 0.15) is 29.8 Å². The van der Waals surface area contributed by atoms with Gasteiger partial charge in [0, 0.05) is 10.0 Å². The highest BCUT2D eigenvalue weighted by Crippen LogP contribution is 2.28. The normalized spacial score (nSPS) is 10.3. The topological polar surface area (TPSA) is 76.7 Å². The van der Waals surface area contributed by atoms with Gasteiger partial charge < -0.3 is 9.47 Å². The molecule has 0 unspecified atom stereocenters. The maximum absolute atomic E-state index is 12.2. The van der Waals surface area contributed by atoms with Crippen molar-refractivity contribution in [2.24, 2.45) is 0 Å². The van der Waals surface area contributed by atoms with Crippen molar-refractivity contribution >= 4 is 27.7 Å². The number of nitrogens with one attached hydrogen (secondary N) is 2. The SMILES string of the molecule is COc1cc(C(=O)NNC(=O)Cc2ccc(Br)cc2)ccc1OC(C)C. The molecule has 0 bridgehead atoms. The van der Waals surface area contributed by atoms with Crippen molar-refractivity contribution in [3.63, 3.8) is 0 Å². The van der Waals surface area contributed by atoms with Crippen LogP contribution in [0.15, 0.2) is 46.9 Å². The van der Waals surface area contributed by atoms with Gasteiger partial charge in [0.1, 0.15) is 0 Å². The fraction of sp³-hybridized carbons (Fsp3) is 0.263. The lowest BCUT2D eigenvalue weighted by molar-refractivity contribution is -0.121. The van der Waals surface area contributed by atoms with Crippen LogP contribution in [0.4, 0.5) is 0 Å². The molecule has 0 aromatic heterocycles. The number of amides is 2. The maximum Gasteiger partial charge on any atom is 0.269 e. The molecule has 0 aliphatic heterocycles. The standard InChI is InChI=1S/C19H21BrN2O4/c1-12(2)26-16-9-6-14(11-17(16)25-3)19(24)22-21-18(23)10-13-4-7-15(20)8-5-13/h4-9,11-12H,10H2,1-3H3,(H,21,23)(H,22,24). The Bertz CT molecular complexity index is 776. The molecule has 138 valence electrons. The molecule has 6 nitrogen and oxygen atoms in total. The number of carbonyl (C=O) groups is 2. The smallest absolute Gasteiger partial charge is 0.269 e. The van der Waals surface area contributed by atoms with Crippen LogP contribution in [-0.4, -0.2) is 25.0 Å². The minimum atomic E-state index is -0.441. The van der Waals surface area contributed by atoms with Crippen LogP contribution >= 0.6 is 15.9 Å². The highest BCUT2D eigenvalue weighted by atomic mass is 79.9. The van der Waals surface area contributed by atoms with E-state index in [1.807, 2.05) is 38.1 Å². The van der Waals surface area contributed by atoms with E-state index in [0.717, 1.165) is 10.0 Å². The Morgan fingerprint density at radius 2 is 1.73 bits per heavy atom. The Morgan fingerprint density at radius 3 is 2.35 bits per heavy atom. The van der Waals surface area contributed by atoms with Crippen molar-refractivity contribution in [2.45, 2.75) is 26.4 Å². The van der Waals surface area contributed by atoms with E-state index in [0.29, 0.717) is 17.1 Å². The van der Waals surface area contributed by atoms with Gasteiger partial charge >= 0.3 is 0 Å². The number of hydrogen-bond donors (Lipinski definition) is 2. The Hall–Kier alpha value is -2.54. The molecule has 2 rings (SSSR count). The summed E-state index contributed by atoms with van der Waals surface area (Å²) in [5.41, 5.74) is 6.00. The minimum Gasteiger partial charge on any atom is -0.493 e. The predicted molar refractivity (Wildman–Crippen MR) is 102 cm³/mol. The fourth-order valence-electron chi connectivity index (χ4n) is 2.19. The van der Waals surface area contributed by atoms with Crippen LogP contribution in [0.25, 0.3) is 0 Å². The molecule has 0 saturated carbocycles. The summed E-state index contributed by atoms with van der Waals surface area (Å²) in [4.78, 5) is 24.2. The number of ether oxygens (including phenoxy) is 2. The number of hydrogen-bond acceptors (Lipinski definition) is 4. The first kappa shape index (κ1) is 19.8. The molecule has 26 heavy (non-hydrogen) atoms. The summed E-state index contributed by atoms with van der Waals surface area (Å²) < 4.78 is 11.8. The van der Waals surface area contributed by atoms with Gasteiger partial charge in [-0.25, -0.2) is 0 Å². The lowest BCUT2D eigenvalue weighted by Gasteiger charge is -2.14. The molecule has 0 atom stereocenters. The molecule has 7 heteroatoms. The van der Waals surface area contributed by atoms with E-state index in [2.05, 4.69) is 26.8 Å². The summed E-state index contributed by atoms with van der Waals surface area (Å²) in [5.74, 6) is 0.252. The number of methoxy groups -OCH3 is 1. The Kier molecular flexibility index (Phi) is 7.03. The van der Waals surface area contributed by atoms with E-state index in [4.69, 9.17) is 9.47 Å². The molecule has 2 aromatic carbocycles. The van der Waals surface area contributed by atoms with Crippen LogP contribution in [-0.2, 0) is 11.2 Å². The zero-order valence-electron chi connectivity index (χ0n) is 14.8. The largest absolute Gasteiger partial charge is 0.493 e. The fourth-order valence-corrected chi connectivity index (χ4v) is 2.45. The Balaban J connectivity index is 1.94. The first-order valence-corrected chi connectivity index (χ1v) is 8.86. The van der Waals surface area contributed by atoms with E-state index >= 15 is 0 Å². The number of rotatable bonds is 6. The van der Waals surface area contributed by atoms with Gasteiger partial charge in [-0.15, -0.1) is 0 Å². The Labute approximate surface area is 161 Å². The molecule has 0 aliphatic carbocycles. The molecule has 0 heterocycles. The minimum absolute atomic E-state index is 0.0125. The summed E-state index contributed by atoms with van der Waals surface area (Å²) >= 11 is 3.34. The average molecular weight is 421 g/mol. The third-order valence-corrected chi connectivity index (χ3v) is 3.91. The Morgan fingerprint density at radius 1 is 1.04 bits per heavy atom. The predicted octanol–water partition coefficient (Wildman–Crippen LogP) is 3.25. The monoisotopic (exact) mass is 420 g/mol. The van der Waals surface area contributed by atoms with Gasteiger partial charge in [0.25, 0.3) is 5.91 Å². The van der Waals surface area contributed by atoms with Crippen molar-refractivity contribution in [2.75, 3.05) is 7.11 Å². The molecule has 2 aromatic rings. The zero-order chi connectivity index (χ0) is 19.1. The second-order valence-electron chi connectivity index (χ2n) is 5.84. The van der Waals surface area contributed by atoms with Crippen LogP contribution in [0.5, 0.6) is 11.5 Å². The quantitative estimate of drug-likeness (QED) is 0.703. The lowest BCUT2D eigenvalue weighted by atomic mass is 10.1. The highest BCUT2D eigenvalue weighted by molar-refractivity contribution is 9.10. The van der Waals surface area contributed by atoms with E-state index in [1.54, 1.807) is 18.2 Å². The second-order valence-corrected chi connectivity index (χ2v) is 6.75. The van der Waals surface area contributed by atoms with E-state index in [1.165, 1.54) is 7.11 Å². The van der Waals surface area contributed by atoms with Gasteiger partial charge in [0.2, 0.25) is 5.91 Å². The average Bonchev–Trinajstić information content (AvgIpc) is 2.61. The first-order chi connectivity index (χ1) is 12.4. The van der Waals surface area contributed by atoms with E-state index in [9.17, 15) is 9.59 Å². The highest BCUT2D eigenvalue weighted by Gasteiger charge is 2.13. The number of halogens is 1. The van der Waals surface area contributed by atoms with Gasteiger partial charge in [-0.1, -0.05) is 28.1 Å². The summed E-state index contributed by atoms with van der Waals surface area (Å²) in [5, 5.41) is 0. The molecular weight excluding hydrogens is 400 g/mol. The second kappa shape index (κ2) is 9.24. The molecule has 0 saturated heterocycles. The van der Waals surface area contributed by atoms with Crippen LogP contribution in [0.2, 0.25) is 0 Å². The van der Waals surface area contributed by atoms with E-state index in [-0.39, 0.29) is 18.4 Å². The molecule has 2 amide bonds. The molecule has 0 spiro atoms. The van der Waals surface area contributed by atoms with Gasteiger partial charge in [0.15, 0.2) is 11.5 Å². The van der Waals surface area contributed by atoms with Crippen molar-refractivity contribution in [3.8, 4) is 11.5 Å². The van der Waals surface area contributed by atoms with Crippen molar-refractivity contribution in [1.29, 1.82) is 0 Å². The lowest BCUT2D eigenvalue weighted by Crippen LogP contribution is -2.42. The van der Waals surface area contributed by atoms with Gasteiger partial charge in [-0.2, -0.15) is 0 Å². The summed E-state index contributed by atoms with van der Waals surface area (Å²) in [7, 11) is 1.50. The van der Waals surface area contributed by atoms with Gasteiger partial charge in [-0.05, 0) is 49.7 Å². The molecule has 2 N–H and O–H groups in total. The molecule has 0 fully saturated rings.